The second-order valence-electron chi connectivity index (χ2n) is 10.1. The van der Waals surface area contributed by atoms with E-state index in [0.29, 0.717) is 12.0 Å². The molecule has 0 aliphatic carbocycles. The van der Waals surface area contributed by atoms with Crippen molar-refractivity contribution in [3.05, 3.63) is 32.6 Å². The van der Waals surface area contributed by atoms with Crippen molar-refractivity contribution in [3.8, 4) is 0 Å². The number of nitrogens with zero attached hydrogens (tertiary/aromatic N) is 1. The molecule has 1 fully saturated rings. The summed E-state index contributed by atoms with van der Waals surface area (Å²) < 4.78 is 6.46. The Kier molecular flexibility index (Phi) is 17.6. The molecule has 0 spiro atoms. The number of aryl methyl sites for hydroxylation is 1. The molecule has 6 N–H and O–H groups in total. The maximum Gasteiger partial charge on any atom is 0.330 e. The minimum atomic E-state index is -0.970. The molecule has 1 aliphatic heterocycles. The van der Waals surface area contributed by atoms with Gasteiger partial charge in [-0.1, -0.05) is 84.0 Å². The second-order valence-corrected chi connectivity index (χ2v) is 10.1. The molecule has 10 heteroatoms. The summed E-state index contributed by atoms with van der Waals surface area (Å²) in [6.07, 6.45) is 13.8. The van der Waals surface area contributed by atoms with Gasteiger partial charge in [0.15, 0.2) is 6.23 Å². The number of aliphatic hydroxyl groups excluding tert-OH is 5. The number of ether oxygens (including phenoxy) is 1. The first-order valence-corrected chi connectivity index (χ1v) is 14.0. The van der Waals surface area contributed by atoms with Crippen molar-refractivity contribution in [2.24, 2.45) is 0 Å². The molecule has 0 saturated carbocycles. The summed E-state index contributed by atoms with van der Waals surface area (Å²) in [6.45, 7) is 3.24. The highest BCUT2D eigenvalue weighted by molar-refractivity contribution is 5.02. The van der Waals surface area contributed by atoms with E-state index in [4.69, 9.17) is 14.9 Å². The molecule has 2 unspecified atom stereocenters. The van der Waals surface area contributed by atoms with Gasteiger partial charge in [0.25, 0.3) is 5.56 Å². The zero-order valence-electron chi connectivity index (χ0n) is 22.7. The SMILES string of the molecule is CCCCCCCCCCCCCCC(O)C(O)CO.Cc1cn([C@@H]2O[C@H](CO)C[C@H]2O)c(=O)[nH]c1=O. The first-order valence-electron chi connectivity index (χ1n) is 14.0. The average Bonchev–Trinajstić information content (AvgIpc) is 3.26. The molecule has 1 aromatic rings. The van der Waals surface area contributed by atoms with Crippen LogP contribution in [-0.2, 0) is 4.74 Å². The molecule has 1 aromatic heterocycles. The molecule has 0 radical (unpaired) electrons. The Labute approximate surface area is 220 Å². The van der Waals surface area contributed by atoms with Crippen LogP contribution in [-0.4, -0.2) is 72.7 Å². The van der Waals surface area contributed by atoms with Crippen molar-refractivity contribution >= 4 is 0 Å². The lowest BCUT2D eigenvalue weighted by Crippen LogP contribution is -2.36. The van der Waals surface area contributed by atoms with Crippen molar-refractivity contribution in [2.75, 3.05) is 13.2 Å². The molecule has 37 heavy (non-hydrogen) atoms. The zero-order chi connectivity index (χ0) is 27.6. The van der Waals surface area contributed by atoms with Gasteiger partial charge < -0.3 is 30.3 Å². The van der Waals surface area contributed by atoms with Crippen LogP contribution in [0.1, 0.15) is 109 Å². The molecule has 5 atom stereocenters. The molecule has 0 amide bonds. The number of aromatic amines is 1. The standard InChI is InChI=1S/C17H36O3.C10H14N2O5/c1-2-3-4-5-6-7-8-9-10-11-12-13-14-16(19)17(20)15-18;1-5-3-12(10(16)11-8(5)15)9-7(14)2-6(4-13)17-9/h16-20H,2-15H2,1H3;3,6-7,9,13-14H,2,4H2,1H3,(H,11,15,16)/t;6-,7+,9+/m.0/s1. The van der Waals surface area contributed by atoms with E-state index in [-0.39, 0.29) is 19.6 Å². The van der Waals surface area contributed by atoms with Gasteiger partial charge in [-0.3, -0.25) is 14.3 Å². The van der Waals surface area contributed by atoms with Gasteiger partial charge in [-0.25, -0.2) is 4.79 Å². The Morgan fingerprint density at radius 2 is 1.49 bits per heavy atom. The molecule has 1 aliphatic rings. The Balaban J connectivity index is 0.000000373. The van der Waals surface area contributed by atoms with Gasteiger partial charge >= 0.3 is 5.69 Å². The topological polar surface area (TPSA) is 165 Å². The highest BCUT2D eigenvalue weighted by Gasteiger charge is 2.35. The maximum absolute atomic E-state index is 11.6. The molecular weight excluding hydrogens is 480 g/mol. The lowest BCUT2D eigenvalue weighted by atomic mass is 10.0. The quantitative estimate of drug-likeness (QED) is 0.167. The van der Waals surface area contributed by atoms with Crippen molar-refractivity contribution in [1.29, 1.82) is 0 Å². The lowest BCUT2D eigenvalue weighted by molar-refractivity contribution is -0.0531. The van der Waals surface area contributed by atoms with E-state index in [2.05, 4.69) is 11.9 Å². The summed E-state index contributed by atoms with van der Waals surface area (Å²) in [5.41, 5.74) is -0.742. The van der Waals surface area contributed by atoms with Gasteiger partial charge in [0.2, 0.25) is 0 Å². The zero-order valence-corrected chi connectivity index (χ0v) is 22.7. The van der Waals surface area contributed by atoms with Crippen LogP contribution in [0.2, 0.25) is 0 Å². The van der Waals surface area contributed by atoms with Crippen molar-refractivity contribution < 1.29 is 30.3 Å². The number of nitrogens with one attached hydrogen (secondary N) is 1. The molecule has 216 valence electrons. The fourth-order valence-electron chi connectivity index (χ4n) is 4.38. The number of hydrogen-bond donors (Lipinski definition) is 6. The van der Waals surface area contributed by atoms with Crippen LogP contribution in [0.3, 0.4) is 0 Å². The monoisotopic (exact) mass is 530 g/mol. The summed E-state index contributed by atoms with van der Waals surface area (Å²) in [4.78, 5) is 24.9. The van der Waals surface area contributed by atoms with Gasteiger partial charge in [0.1, 0.15) is 12.2 Å². The summed E-state index contributed by atoms with van der Waals surface area (Å²) in [5, 5.41) is 46.0. The summed E-state index contributed by atoms with van der Waals surface area (Å²) >= 11 is 0. The van der Waals surface area contributed by atoms with Gasteiger partial charge in [-0.05, 0) is 13.3 Å². The average molecular weight is 531 g/mol. The van der Waals surface area contributed by atoms with Crippen molar-refractivity contribution in [2.45, 2.75) is 134 Å². The third kappa shape index (κ3) is 13.2. The highest BCUT2D eigenvalue weighted by atomic mass is 16.5. The normalized spacial score (nSPS) is 20.9. The fourth-order valence-corrected chi connectivity index (χ4v) is 4.38. The predicted molar refractivity (Wildman–Crippen MR) is 142 cm³/mol. The Morgan fingerprint density at radius 3 is 1.97 bits per heavy atom. The van der Waals surface area contributed by atoms with Crippen LogP contribution in [0.15, 0.2) is 15.8 Å². The molecule has 10 nitrogen and oxygen atoms in total. The van der Waals surface area contributed by atoms with E-state index in [1.807, 2.05) is 0 Å². The third-order valence-electron chi connectivity index (χ3n) is 6.77. The first-order chi connectivity index (χ1) is 17.7. The number of H-pyrrole nitrogens is 1. The molecular formula is C27H50N2O8. The van der Waals surface area contributed by atoms with E-state index >= 15 is 0 Å². The van der Waals surface area contributed by atoms with E-state index in [0.717, 1.165) is 17.4 Å². The molecule has 0 aromatic carbocycles. The third-order valence-corrected chi connectivity index (χ3v) is 6.77. The fraction of sp³-hybridized carbons (Fsp3) is 0.852. The van der Waals surface area contributed by atoms with Gasteiger partial charge in [0.05, 0.1) is 25.4 Å². The molecule has 2 heterocycles. The van der Waals surface area contributed by atoms with Crippen LogP contribution in [0.5, 0.6) is 0 Å². The summed E-state index contributed by atoms with van der Waals surface area (Å²) in [7, 11) is 0. The van der Waals surface area contributed by atoms with Crippen LogP contribution < -0.4 is 11.2 Å². The lowest BCUT2D eigenvalue weighted by Gasteiger charge is -2.17. The van der Waals surface area contributed by atoms with E-state index in [1.165, 1.54) is 70.4 Å². The maximum atomic E-state index is 11.6. The van der Waals surface area contributed by atoms with Crippen LogP contribution in [0.25, 0.3) is 0 Å². The molecule has 2 rings (SSSR count). The first kappa shape index (κ1) is 33.5. The number of unbranched alkanes of at least 4 members (excludes halogenated alkanes) is 11. The predicted octanol–water partition coefficient (Wildman–Crippen LogP) is 2.28. The Hall–Kier alpha value is -1.56. The van der Waals surface area contributed by atoms with Crippen LogP contribution in [0.4, 0.5) is 0 Å². The highest BCUT2D eigenvalue weighted by Crippen LogP contribution is 2.27. The van der Waals surface area contributed by atoms with E-state index in [9.17, 15) is 24.9 Å². The minimum absolute atomic E-state index is 0.218. The Bertz CT molecular complexity index is 827. The molecule has 1 saturated heterocycles. The molecule has 0 bridgehead atoms. The Morgan fingerprint density at radius 1 is 0.946 bits per heavy atom. The summed E-state index contributed by atoms with van der Waals surface area (Å²) in [5.74, 6) is 0. The smallest absolute Gasteiger partial charge is 0.330 e. The van der Waals surface area contributed by atoms with E-state index in [1.54, 1.807) is 6.92 Å². The summed E-state index contributed by atoms with van der Waals surface area (Å²) in [6, 6.07) is 0. The second kappa shape index (κ2) is 19.5. The van der Waals surface area contributed by atoms with Gasteiger partial charge in [-0.2, -0.15) is 0 Å². The van der Waals surface area contributed by atoms with Gasteiger partial charge in [0, 0.05) is 18.2 Å². The largest absolute Gasteiger partial charge is 0.394 e. The van der Waals surface area contributed by atoms with Crippen molar-refractivity contribution in [3.63, 3.8) is 0 Å². The minimum Gasteiger partial charge on any atom is -0.394 e. The van der Waals surface area contributed by atoms with Crippen LogP contribution >= 0.6 is 0 Å². The van der Waals surface area contributed by atoms with E-state index < -0.39 is 41.9 Å². The number of rotatable bonds is 17. The number of aromatic nitrogens is 2. The van der Waals surface area contributed by atoms with Gasteiger partial charge in [-0.15, -0.1) is 0 Å². The number of hydrogen-bond acceptors (Lipinski definition) is 8. The number of aliphatic hydroxyl groups is 5. The van der Waals surface area contributed by atoms with Crippen molar-refractivity contribution in [1.82, 2.24) is 9.55 Å². The van der Waals surface area contributed by atoms with Crippen LogP contribution in [0, 0.1) is 6.92 Å².